The minimum absolute atomic E-state index is 0.0651. The molecule has 0 aliphatic carbocycles. The highest BCUT2D eigenvalue weighted by Gasteiger charge is 2.16. The standard InChI is InChI=1S/C13H14FNO2/c14-13-11(6-15)2-1-3-12(13)9-17-8-10-4-5-16-7-10/h1-3,10H,4-5,7-9H2. The molecule has 17 heavy (non-hydrogen) atoms. The Hall–Kier alpha value is -1.44. The van der Waals surface area contributed by atoms with E-state index in [4.69, 9.17) is 14.7 Å². The van der Waals surface area contributed by atoms with Gasteiger partial charge in [0.1, 0.15) is 11.9 Å². The zero-order chi connectivity index (χ0) is 12.1. The lowest BCUT2D eigenvalue weighted by atomic mass is 10.1. The first kappa shape index (κ1) is 12.0. The molecule has 90 valence electrons. The topological polar surface area (TPSA) is 42.2 Å². The van der Waals surface area contributed by atoms with Gasteiger partial charge >= 0.3 is 0 Å². The molecule has 0 N–H and O–H groups in total. The Morgan fingerprint density at radius 1 is 1.53 bits per heavy atom. The van der Waals surface area contributed by atoms with E-state index in [9.17, 15) is 4.39 Å². The fourth-order valence-corrected chi connectivity index (χ4v) is 1.83. The lowest BCUT2D eigenvalue weighted by molar-refractivity contribution is 0.0775. The van der Waals surface area contributed by atoms with Crippen molar-refractivity contribution >= 4 is 0 Å². The Morgan fingerprint density at radius 3 is 3.12 bits per heavy atom. The number of nitrogens with zero attached hydrogens (tertiary/aromatic N) is 1. The highest BCUT2D eigenvalue weighted by molar-refractivity contribution is 5.34. The second kappa shape index (κ2) is 5.76. The van der Waals surface area contributed by atoms with Crippen molar-refractivity contribution < 1.29 is 13.9 Å². The molecule has 0 saturated carbocycles. The van der Waals surface area contributed by atoms with Gasteiger partial charge in [-0.3, -0.25) is 0 Å². The van der Waals surface area contributed by atoms with Crippen LogP contribution in [-0.4, -0.2) is 19.8 Å². The molecule has 2 rings (SSSR count). The van der Waals surface area contributed by atoms with Crippen LogP contribution in [0.15, 0.2) is 18.2 Å². The molecule has 0 aromatic heterocycles. The summed E-state index contributed by atoms with van der Waals surface area (Å²) in [6, 6.07) is 6.58. The van der Waals surface area contributed by atoms with Crippen LogP contribution in [0.1, 0.15) is 17.5 Å². The minimum atomic E-state index is -0.474. The van der Waals surface area contributed by atoms with Gasteiger partial charge < -0.3 is 9.47 Å². The summed E-state index contributed by atoms with van der Waals surface area (Å²) in [5.74, 6) is -0.0603. The maximum atomic E-state index is 13.6. The largest absolute Gasteiger partial charge is 0.381 e. The molecule has 1 aliphatic heterocycles. The van der Waals surface area contributed by atoms with Crippen LogP contribution in [0.25, 0.3) is 0 Å². The number of rotatable bonds is 4. The summed E-state index contributed by atoms with van der Waals surface area (Å²) in [7, 11) is 0. The highest BCUT2D eigenvalue weighted by Crippen LogP contribution is 2.16. The molecule has 4 heteroatoms. The predicted octanol–water partition coefficient (Wildman–Crippen LogP) is 2.25. The number of hydrogen-bond donors (Lipinski definition) is 0. The van der Waals surface area contributed by atoms with Gasteiger partial charge in [0, 0.05) is 18.1 Å². The molecule has 1 unspecified atom stereocenters. The van der Waals surface area contributed by atoms with Gasteiger partial charge in [-0.25, -0.2) is 4.39 Å². The van der Waals surface area contributed by atoms with Gasteiger partial charge in [0.05, 0.1) is 25.4 Å². The van der Waals surface area contributed by atoms with E-state index in [0.29, 0.717) is 18.1 Å². The Kier molecular flexibility index (Phi) is 4.08. The van der Waals surface area contributed by atoms with E-state index in [0.717, 1.165) is 19.6 Å². The third-order valence-corrected chi connectivity index (χ3v) is 2.83. The highest BCUT2D eigenvalue weighted by atomic mass is 19.1. The molecule has 1 saturated heterocycles. The van der Waals surface area contributed by atoms with Crippen molar-refractivity contribution in [3.05, 3.63) is 35.1 Å². The number of hydrogen-bond acceptors (Lipinski definition) is 3. The van der Waals surface area contributed by atoms with Crippen molar-refractivity contribution in [1.82, 2.24) is 0 Å². The molecule has 1 aromatic carbocycles. The van der Waals surface area contributed by atoms with Gasteiger partial charge in [-0.15, -0.1) is 0 Å². The van der Waals surface area contributed by atoms with Gasteiger partial charge in [0.2, 0.25) is 0 Å². The summed E-state index contributed by atoms with van der Waals surface area (Å²) >= 11 is 0. The number of halogens is 1. The molecule has 0 bridgehead atoms. The first-order valence-corrected chi connectivity index (χ1v) is 5.64. The molecular weight excluding hydrogens is 221 g/mol. The van der Waals surface area contributed by atoms with Crippen LogP contribution >= 0.6 is 0 Å². The van der Waals surface area contributed by atoms with E-state index >= 15 is 0 Å². The quantitative estimate of drug-likeness (QED) is 0.803. The van der Waals surface area contributed by atoms with Crippen molar-refractivity contribution in [2.75, 3.05) is 19.8 Å². The summed E-state index contributed by atoms with van der Waals surface area (Å²) in [4.78, 5) is 0. The van der Waals surface area contributed by atoms with E-state index < -0.39 is 5.82 Å². The Morgan fingerprint density at radius 2 is 2.41 bits per heavy atom. The molecule has 0 spiro atoms. The molecule has 1 aliphatic rings. The second-order valence-electron chi connectivity index (χ2n) is 4.14. The average Bonchev–Trinajstić information content (AvgIpc) is 2.84. The van der Waals surface area contributed by atoms with Crippen LogP contribution in [0.5, 0.6) is 0 Å². The van der Waals surface area contributed by atoms with Gasteiger partial charge in [0.15, 0.2) is 0 Å². The zero-order valence-electron chi connectivity index (χ0n) is 9.49. The molecule has 0 amide bonds. The summed E-state index contributed by atoms with van der Waals surface area (Å²) in [6.07, 6.45) is 1.00. The number of benzene rings is 1. The maximum Gasteiger partial charge on any atom is 0.146 e. The predicted molar refractivity (Wildman–Crippen MR) is 59.7 cm³/mol. The minimum Gasteiger partial charge on any atom is -0.381 e. The first-order chi connectivity index (χ1) is 8.31. The summed E-state index contributed by atoms with van der Waals surface area (Å²) in [5, 5.41) is 8.69. The Labute approximate surface area is 99.8 Å². The van der Waals surface area contributed by atoms with Crippen LogP contribution in [0.2, 0.25) is 0 Å². The van der Waals surface area contributed by atoms with Crippen molar-refractivity contribution in [2.45, 2.75) is 13.0 Å². The molecule has 1 heterocycles. The van der Waals surface area contributed by atoms with E-state index in [1.165, 1.54) is 6.07 Å². The first-order valence-electron chi connectivity index (χ1n) is 5.64. The fraction of sp³-hybridized carbons (Fsp3) is 0.462. The van der Waals surface area contributed by atoms with Crippen LogP contribution in [0, 0.1) is 23.1 Å². The van der Waals surface area contributed by atoms with Crippen LogP contribution < -0.4 is 0 Å². The number of ether oxygens (including phenoxy) is 2. The monoisotopic (exact) mass is 235 g/mol. The Bertz CT molecular complexity index is 422. The van der Waals surface area contributed by atoms with Crippen LogP contribution in [0.4, 0.5) is 4.39 Å². The third kappa shape index (κ3) is 3.02. The van der Waals surface area contributed by atoms with E-state index in [-0.39, 0.29) is 12.2 Å². The van der Waals surface area contributed by atoms with E-state index in [1.807, 2.05) is 6.07 Å². The van der Waals surface area contributed by atoms with Crippen molar-refractivity contribution in [3.8, 4) is 6.07 Å². The molecule has 1 fully saturated rings. The smallest absolute Gasteiger partial charge is 0.146 e. The van der Waals surface area contributed by atoms with Gasteiger partial charge in [-0.05, 0) is 12.5 Å². The van der Waals surface area contributed by atoms with Crippen LogP contribution in [0.3, 0.4) is 0 Å². The molecule has 0 radical (unpaired) electrons. The number of nitriles is 1. The van der Waals surface area contributed by atoms with E-state index in [2.05, 4.69) is 0 Å². The molecule has 1 atom stereocenters. The lowest BCUT2D eigenvalue weighted by Crippen LogP contribution is -2.09. The fourth-order valence-electron chi connectivity index (χ4n) is 1.83. The zero-order valence-corrected chi connectivity index (χ0v) is 9.49. The maximum absolute atomic E-state index is 13.6. The summed E-state index contributed by atoms with van der Waals surface area (Å²) in [5.41, 5.74) is 0.498. The molecule has 1 aromatic rings. The molecule has 3 nitrogen and oxygen atoms in total. The van der Waals surface area contributed by atoms with Gasteiger partial charge in [-0.2, -0.15) is 5.26 Å². The third-order valence-electron chi connectivity index (χ3n) is 2.83. The molecular formula is C13H14FNO2. The summed E-state index contributed by atoms with van der Waals surface area (Å²) < 4.78 is 24.3. The SMILES string of the molecule is N#Cc1cccc(COCC2CCOC2)c1F. The average molecular weight is 235 g/mol. The van der Waals surface area contributed by atoms with Gasteiger partial charge in [-0.1, -0.05) is 12.1 Å². The Balaban J connectivity index is 1.88. The van der Waals surface area contributed by atoms with E-state index in [1.54, 1.807) is 12.1 Å². The van der Waals surface area contributed by atoms with Gasteiger partial charge in [0.25, 0.3) is 0 Å². The van der Waals surface area contributed by atoms with Crippen molar-refractivity contribution in [2.24, 2.45) is 5.92 Å². The lowest BCUT2D eigenvalue weighted by Gasteiger charge is -2.09. The second-order valence-corrected chi connectivity index (χ2v) is 4.14. The normalized spacial score (nSPS) is 19.2. The van der Waals surface area contributed by atoms with Crippen LogP contribution in [-0.2, 0) is 16.1 Å². The van der Waals surface area contributed by atoms with Crippen molar-refractivity contribution in [1.29, 1.82) is 5.26 Å². The summed E-state index contributed by atoms with van der Waals surface area (Å²) in [6.45, 7) is 2.29. The van der Waals surface area contributed by atoms with Crippen molar-refractivity contribution in [3.63, 3.8) is 0 Å².